The normalized spacial score (nSPS) is 15.5. The zero-order valence-corrected chi connectivity index (χ0v) is 19.3. The first kappa shape index (κ1) is 24.5. The molecule has 5 heteroatoms. The summed E-state index contributed by atoms with van der Waals surface area (Å²) in [6.45, 7) is 10.2. The van der Waals surface area contributed by atoms with Crippen LogP contribution in [-0.2, 0) is 4.74 Å². The molecule has 0 saturated carbocycles. The van der Waals surface area contributed by atoms with E-state index in [-0.39, 0.29) is 6.09 Å². The summed E-state index contributed by atoms with van der Waals surface area (Å²) in [5.41, 5.74) is 0.681. The highest BCUT2D eigenvalue weighted by molar-refractivity contribution is 5.86. The van der Waals surface area contributed by atoms with Gasteiger partial charge in [0, 0.05) is 0 Å². The van der Waals surface area contributed by atoms with Crippen molar-refractivity contribution >= 4 is 11.8 Å². The molecule has 170 valence electrons. The van der Waals surface area contributed by atoms with Crippen LogP contribution in [0.15, 0.2) is 24.3 Å². The van der Waals surface area contributed by atoms with E-state index in [1.54, 1.807) is 0 Å². The van der Waals surface area contributed by atoms with Gasteiger partial charge in [-0.05, 0) is 50.7 Å². The Labute approximate surface area is 183 Å². The van der Waals surface area contributed by atoms with E-state index in [1.165, 1.54) is 64.6 Å². The van der Waals surface area contributed by atoms with Crippen LogP contribution >= 0.6 is 0 Å². The molecular weight excluding hydrogens is 376 g/mol. The van der Waals surface area contributed by atoms with Gasteiger partial charge >= 0.3 is 6.09 Å². The van der Waals surface area contributed by atoms with E-state index in [2.05, 4.69) is 19.2 Å². The predicted octanol–water partition coefficient (Wildman–Crippen LogP) is 6.39. The summed E-state index contributed by atoms with van der Waals surface area (Å²) < 4.78 is 12.5. The van der Waals surface area contributed by atoms with Crippen molar-refractivity contribution in [1.29, 1.82) is 0 Å². The molecule has 0 spiro atoms. The van der Waals surface area contributed by atoms with Gasteiger partial charge < -0.3 is 14.0 Å². The minimum absolute atomic E-state index is 0.388. The fourth-order valence-corrected chi connectivity index (χ4v) is 4.32. The first-order chi connectivity index (χ1) is 14.7. The summed E-state index contributed by atoms with van der Waals surface area (Å²) in [5.74, 6) is 0.709. The summed E-state index contributed by atoms with van der Waals surface area (Å²) in [4.78, 5) is 12.4. The molecule has 0 bridgehead atoms. The molecule has 1 N–H and O–H groups in total. The molecule has 1 amide bonds. The monoisotopic (exact) mass is 419 g/mol. The molecule has 0 aromatic heterocycles. The molecule has 1 aliphatic rings. The molecule has 30 heavy (non-hydrogen) atoms. The van der Waals surface area contributed by atoms with Gasteiger partial charge in [0.1, 0.15) is 18.9 Å². The van der Waals surface area contributed by atoms with Crippen molar-refractivity contribution in [1.82, 2.24) is 0 Å². The van der Waals surface area contributed by atoms with Crippen LogP contribution in [0.4, 0.5) is 10.5 Å². The number of nitrogens with zero attached hydrogens (tertiary/aromatic N) is 1. The van der Waals surface area contributed by atoms with E-state index in [9.17, 15) is 4.79 Å². The number of unbranched alkanes of at least 4 members (excludes halogenated alkanes) is 5. The summed E-state index contributed by atoms with van der Waals surface area (Å²) >= 11 is 0. The second kappa shape index (κ2) is 14.3. The van der Waals surface area contributed by atoms with Crippen molar-refractivity contribution in [3.8, 4) is 5.75 Å². The Hall–Kier alpha value is -1.75. The minimum atomic E-state index is -0.388. The number of carbonyl (C=O) groups is 1. The molecule has 2 rings (SSSR count). The molecule has 1 heterocycles. The van der Waals surface area contributed by atoms with E-state index in [1.807, 2.05) is 24.3 Å². The lowest BCUT2D eigenvalue weighted by molar-refractivity contribution is -0.932. The number of carbonyl (C=O) groups excluding carboxylic acids is 1. The summed E-state index contributed by atoms with van der Waals surface area (Å²) in [6.07, 6.45) is 12.1. The van der Waals surface area contributed by atoms with Crippen LogP contribution in [0.2, 0.25) is 0 Å². The maximum absolute atomic E-state index is 12.4. The van der Waals surface area contributed by atoms with E-state index < -0.39 is 0 Å². The largest absolute Gasteiger partial charge is 0.491 e. The molecule has 1 aliphatic heterocycles. The number of amides is 1. The first-order valence-electron chi connectivity index (χ1n) is 12.2. The van der Waals surface area contributed by atoms with Gasteiger partial charge in [0.25, 0.3) is 0 Å². The second-order valence-corrected chi connectivity index (χ2v) is 8.67. The average molecular weight is 420 g/mol. The lowest BCUT2D eigenvalue weighted by Crippen LogP contribution is -2.54. The Balaban J connectivity index is 1.79. The molecule has 0 atom stereocenters. The van der Waals surface area contributed by atoms with Crippen LogP contribution in [0.3, 0.4) is 0 Å². The quantitative estimate of drug-likeness (QED) is 0.281. The Morgan fingerprint density at radius 2 is 1.63 bits per heavy atom. The maximum Gasteiger partial charge on any atom is 0.411 e. The lowest BCUT2D eigenvalue weighted by atomic mass is 10.1. The van der Waals surface area contributed by atoms with Crippen molar-refractivity contribution in [2.45, 2.75) is 78.1 Å². The van der Waals surface area contributed by atoms with Gasteiger partial charge in [-0.2, -0.15) is 0 Å². The number of piperidine rings is 1. The topological polar surface area (TPSA) is 47.6 Å². The first-order valence-corrected chi connectivity index (χ1v) is 12.2. The fourth-order valence-electron chi connectivity index (χ4n) is 4.32. The van der Waals surface area contributed by atoms with Gasteiger partial charge in [0.2, 0.25) is 0 Å². The van der Waals surface area contributed by atoms with Crippen molar-refractivity contribution < 1.29 is 18.8 Å². The van der Waals surface area contributed by atoms with Gasteiger partial charge in [-0.25, -0.2) is 4.79 Å². The fraction of sp³-hybridized carbons (Fsp3) is 0.720. The number of hydrogen-bond acceptors (Lipinski definition) is 3. The predicted molar refractivity (Wildman–Crippen MR) is 124 cm³/mol. The Morgan fingerprint density at radius 1 is 0.900 bits per heavy atom. The second-order valence-electron chi connectivity index (χ2n) is 8.67. The van der Waals surface area contributed by atoms with E-state index in [4.69, 9.17) is 9.47 Å². The summed E-state index contributed by atoms with van der Waals surface area (Å²) in [6, 6.07) is 7.59. The highest BCUT2D eigenvalue weighted by atomic mass is 16.5. The van der Waals surface area contributed by atoms with Crippen molar-refractivity contribution in [2.75, 3.05) is 44.7 Å². The van der Waals surface area contributed by atoms with Crippen LogP contribution < -0.4 is 10.1 Å². The van der Waals surface area contributed by atoms with Crippen molar-refractivity contribution in [2.24, 2.45) is 0 Å². The number of para-hydroxylation sites is 2. The van der Waals surface area contributed by atoms with Crippen LogP contribution in [-0.4, -0.2) is 50.0 Å². The van der Waals surface area contributed by atoms with E-state index in [0.717, 1.165) is 30.3 Å². The van der Waals surface area contributed by atoms with Crippen molar-refractivity contribution in [3.05, 3.63) is 24.3 Å². The highest BCUT2D eigenvalue weighted by Crippen LogP contribution is 2.24. The zero-order chi connectivity index (χ0) is 21.5. The third-order valence-electron chi connectivity index (χ3n) is 6.18. The number of anilines is 1. The zero-order valence-electron chi connectivity index (χ0n) is 19.3. The minimum Gasteiger partial charge on any atom is -0.491 e. The van der Waals surface area contributed by atoms with Gasteiger partial charge in [-0.15, -0.1) is 0 Å². The number of benzene rings is 1. The Bertz CT molecular complexity index is 600. The molecule has 0 unspecified atom stereocenters. The Morgan fingerprint density at radius 3 is 2.40 bits per heavy atom. The number of quaternary nitrogens is 1. The third kappa shape index (κ3) is 8.95. The highest BCUT2D eigenvalue weighted by Gasteiger charge is 2.29. The summed E-state index contributed by atoms with van der Waals surface area (Å²) in [7, 11) is 0. The molecule has 1 aromatic carbocycles. The average Bonchev–Trinajstić information content (AvgIpc) is 2.76. The number of nitrogens with one attached hydrogen (secondary N) is 1. The SMILES string of the molecule is CCCCCC[N+]1(CCOC(=O)Nc2ccccc2OCCCCC)CCCCC1. The van der Waals surface area contributed by atoms with Gasteiger partial charge in [0.15, 0.2) is 0 Å². The molecule has 0 radical (unpaired) electrons. The molecule has 1 saturated heterocycles. The van der Waals surface area contributed by atoms with Crippen molar-refractivity contribution in [3.63, 3.8) is 0 Å². The summed E-state index contributed by atoms with van der Waals surface area (Å²) in [5, 5.41) is 2.87. The standard InChI is InChI=1S/C25H42N2O3/c1-3-5-7-11-17-27(18-12-8-13-19-27)20-22-30-25(28)26-23-15-9-10-16-24(23)29-21-14-6-4-2/h9-10,15-16H,3-8,11-14,17-22H2,1-2H3/p+1. The number of hydrogen-bond donors (Lipinski definition) is 1. The Kier molecular flexibility index (Phi) is 11.7. The molecule has 5 nitrogen and oxygen atoms in total. The number of ether oxygens (including phenoxy) is 2. The van der Waals surface area contributed by atoms with Crippen LogP contribution in [0, 0.1) is 0 Å². The lowest BCUT2D eigenvalue weighted by Gasteiger charge is -2.41. The smallest absolute Gasteiger partial charge is 0.411 e. The van der Waals surface area contributed by atoms with Crippen LogP contribution in [0.25, 0.3) is 0 Å². The molecule has 1 fully saturated rings. The van der Waals surface area contributed by atoms with Crippen LogP contribution in [0.1, 0.15) is 78.1 Å². The number of likely N-dealkylation sites (tertiary alicyclic amines) is 1. The third-order valence-corrected chi connectivity index (χ3v) is 6.18. The molecule has 0 aliphatic carbocycles. The van der Waals surface area contributed by atoms with E-state index >= 15 is 0 Å². The van der Waals surface area contributed by atoms with Gasteiger partial charge in [-0.1, -0.05) is 51.7 Å². The van der Waals surface area contributed by atoms with Gasteiger partial charge in [0.05, 0.1) is 31.9 Å². The molecular formula is C25H43N2O3+. The van der Waals surface area contributed by atoms with E-state index in [0.29, 0.717) is 24.7 Å². The van der Waals surface area contributed by atoms with Crippen LogP contribution in [0.5, 0.6) is 5.75 Å². The molecule has 1 aromatic rings. The van der Waals surface area contributed by atoms with Gasteiger partial charge in [-0.3, -0.25) is 5.32 Å². The number of rotatable bonds is 14. The maximum atomic E-state index is 12.4.